The third-order valence-corrected chi connectivity index (χ3v) is 8.37. The van der Waals surface area contributed by atoms with Gasteiger partial charge in [-0.05, 0) is 0 Å². The Labute approximate surface area is 177 Å². The number of fused-ring (bicyclic) bond motifs is 1. The lowest BCUT2D eigenvalue weighted by atomic mass is 10.1. The van der Waals surface area contributed by atoms with E-state index in [1.807, 2.05) is 0 Å². The Bertz CT molecular complexity index is 1080. The van der Waals surface area contributed by atoms with E-state index >= 15 is 0 Å². The largest absolute Gasteiger partial charge is 0.480 e. The molecule has 1 fully saturated rings. The third-order valence-electron chi connectivity index (χ3n) is 4.13. The van der Waals surface area contributed by atoms with Crippen LogP contribution in [-0.2, 0) is 27.3 Å². The van der Waals surface area contributed by atoms with E-state index in [-0.39, 0.29) is 24.1 Å². The average Bonchev–Trinajstić information content (AvgIpc) is 3.12. The van der Waals surface area contributed by atoms with Crippen molar-refractivity contribution >= 4 is 40.8 Å². The first kappa shape index (κ1) is 25.2. The number of nitrogen functional groups attached to an aromatic ring is 1. The molecule has 0 radical (unpaired) electrons. The lowest BCUT2D eigenvalue weighted by molar-refractivity contribution is -0.0212. The number of ether oxygens (including phenoxy) is 1. The number of hydrogen-bond acceptors (Lipinski definition) is 13. The number of phosphoric acid groups is 1. The van der Waals surface area contributed by atoms with Crippen molar-refractivity contribution in [3.8, 4) is 0 Å². The number of phosphoric ester groups is 1. The number of anilines is 3. The fraction of sp³-hybridized carbons (Fsp3) is 0.600. The molecular weight excluding hydrogens is 505 g/mol. The minimum Gasteiger partial charge on any atom is -0.387 e. The van der Waals surface area contributed by atoms with Crippen LogP contribution < -0.4 is 26.4 Å². The quantitative estimate of drug-likeness (QED) is 0.151. The molecule has 0 aliphatic carbocycles. The van der Waals surface area contributed by atoms with Crippen molar-refractivity contribution in [2.24, 2.45) is 0 Å². The van der Waals surface area contributed by atoms with Crippen LogP contribution in [0.25, 0.3) is 0 Å². The molecule has 0 amide bonds. The highest BCUT2D eigenvalue weighted by Gasteiger charge is 2.49. The summed E-state index contributed by atoms with van der Waals surface area (Å²) in [5, 5.41) is 23.2. The van der Waals surface area contributed by atoms with Crippen molar-refractivity contribution in [2.45, 2.75) is 24.5 Å². The molecule has 0 saturated carbocycles. The summed E-state index contributed by atoms with van der Waals surface area (Å²) in [4.78, 5) is 56.1. The lowest BCUT2D eigenvalue weighted by Crippen LogP contribution is -2.44. The standard InChI is InChI=1S/C10H19N6O13P3/c11-10-13-7-4(8(19)14-10)12-2-16(7)9-6(18)5(17)3(28-9)1-27-32(25,26)29-31(23,24)15-30(20,21)22/h3,5-6,9,12,17-18H,1-2H2,(H,25,26)(H3,11,13,14,19)(H4,15,20,21,22,23,24)/t3-,5-,6-,9-/m1/s1. The molecule has 32 heavy (non-hydrogen) atoms. The van der Waals surface area contributed by atoms with Gasteiger partial charge in [0, 0.05) is 0 Å². The monoisotopic (exact) mass is 524 g/mol. The maximum atomic E-state index is 11.9. The Kier molecular flexibility index (Phi) is 6.88. The number of aliphatic hydroxyl groups is 2. The number of nitrogens with one attached hydrogen (secondary N) is 3. The molecular formula is C10H19N6O13P3. The summed E-state index contributed by atoms with van der Waals surface area (Å²) in [7, 11) is -16.2. The van der Waals surface area contributed by atoms with E-state index < -0.39 is 60.0 Å². The van der Waals surface area contributed by atoms with Crippen LogP contribution in [0.2, 0.25) is 0 Å². The fourth-order valence-electron chi connectivity index (χ4n) is 2.93. The van der Waals surface area contributed by atoms with Gasteiger partial charge >= 0.3 is 23.3 Å². The van der Waals surface area contributed by atoms with Gasteiger partial charge in [0.25, 0.3) is 5.56 Å². The zero-order valence-electron chi connectivity index (χ0n) is 15.6. The normalized spacial score (nSPS) is 29.2. The van der Waals surface area contributed by atoms with Crippen molar-refractivity contribution in [1.29, 1.82) is 0 Å². The molecule has 3 heterocycles. The van der Waals surface area contributed by atoms with Crippen molar-refractivity contribution in [3.63, 3.8) is 0 Å². The van der Waals surface area contributed by atoms with Crippen LogP contribution in [0.4, 0.5) is 17.5 Å². The second kappa shape index (κ2) is 8.73. The van der Waals surface area contributed by atoms with Gasteiger partial charge in [-0.25, -0.2) is 13.7 Å². The second-order valence-electron chi connectivity index (χ2n) is 6.51. The van der Waals surface area contributed by atoms with Gasteiger partial charge in [0.05, 0.1) is 13.3 Å². The van der Waals surface area contributed by atoms with Crippen molar-refractivity contribution < 1.29 is 57.1 Å². The van der Waals surface area contributed by atoms with Crippen molar-refractivity contribution in [3.05, 3.63) is 10.4 Å². The van der Waals surface area contributed by atoms with Crippen LogP contribution in [-0.4, -0.2) is 77.6 Å². The first-order valence-corrected chi connectivity index (χ1v) is 13.1. The van der Waals surface area contributed by atoms with Crippen LogP contribution >= 0.6 is 23.3 Å². The summed E-state index contributed by atoms with van der Waals surface area (Å²) in [5.41, 5.74) is 4.93. The number of rotatable bonds is 8. The number of aromatic nitrogens is 2. The summed E-state index contributed by atoms with van der Waals surface area (Å²) in [6.07, 6.45) is -6.12. The summed E-state index contributed by atoms with van der Waals surface area (Å²) in [5.74, 6) is -0.226. The zero-order chi connectivity index (χ0) is 24.1. The topological polar surface area (TPSA) is 299 Å². The number of aromatic amines is 1. The molecule has 1 aromatic heterocycles. The minimum atomic E-state index is -5.47. The summed E-state index contributed by atoms with van der Waals surface area (Å²) in [6.45, 7) is -1.04. The maximum absolute atomic E-state index is 11.9. The van der Waals surface area contributed by atoms with Crippen LogP contribution in [0.1, 0.15) is 0 Å². The molecule has 182 valence electrons. The highest BCUT2D eigenvalue weighted by atomic mass is 31.3. The van der Waals surface area contributed by atoms with Crippen molar-refractivity contribution in [1.82, 2.24) is 14.8 Å². The van der Waals surface area contributed by atoms with Crippen LogP contribution in [0.3, 0.4) is 0 Å². The minimum absolute atomic E-state index is 0.00459. The van der Waals surface area contributed by atoms with E-state index in [1.165, 1.54) is 4.90 Å². The molecule has 0 aromatic carbocycles. The predicted molar refractivity (Wildman–Crippen MR) is 103 cm³/mol. The van der Waals surface area contributed by atoms with E-state index in [4.69, 9.17) is 20.3 Å². The van der Waals surface area contributed by atoms with Crippen LogP contribution in [0.15, 0.2) is 4.79 Å². The number of aliphatic hydroxyl groups excluding tert-OH is 2. The van der Waals surface area contributed by atoms with E-state index in [0.29, 0.717) is 0 Å². The third kappa shape index (κ3) is 5.73. The zero-order valence-corrected chi connectivity index (χ0v) is 18.3. The lowest BCUT2D eigenvalue weighted by Gasteiger charge is -2.26. The number of nitrogens with two attached hydrogens (primary N) is 1. The molecule has 2 aliphatic rings. The summed E-state index contributed by atoms with van der Waals surface area (Å²) >= 11 is 0. The van der Waals surface area contributed by atoms with Gasteiger partial charge in [0.15, 0.2) is 12.0 Å². The number of hydrogen-bond donors (Lipinski definition) is 10. The molecule has 19 nitrogen and oxygen atoms in total. The molecule has 22 heteroatoms. The molecule has 11 N–H and O–H groups in total. The van der Waals surface area contributed by atoms with Gasteiger partial charge in [-0.2, -0.15) is 9.29 Å². The Morgan fingerprint density at radius 3 is 2.50 bits per heavy atom. The predicted octanol–water partition coefficient (Wildman–Crippen LogP) is -3.10. The van der Waals surface area contributed by atoms with Crippen LogP contribution in [0, 0.1) is 0 Å². The first-order valence-electron chi connectivity index (χ1n) is 8.37. The Morgan fingerprint density at radius 2 is 1.88 bits per heavy atom. The molecule has 3 rings (SSSR count). The fourth-order valence-corrected chi connectivity index (χ4v) is 6.37. The van der Waals surface area contributed by atoms with E-state index in [2.05, 4.69) is 24.1 Å². The highest BCUT2D eigenvalue weighted by molar-refractivity contribution is 7.70. The highest BCUT2D eigenvalue weighted by Crippen LogP contribution is 2.61. The van der Waals surface area contributed by atoms with Gasteiger partial charge < -0.3 is 50.5 Å². The van der Waals surface area contributed by atoms with E-state index in [1.54, 1.807) is 0 Å². The molecule has 2 unspecified atom stereocenters. The SMILES string of the molecule is Nc1nc2c(c(=O)[nH]1)NCN2[C@@H]1O[C@H](COP(=O)(O)OP(=O)(O)NP(=O)(O)O)[C@@H](O)[C@H]1O. The van der Waals surface area contributed by atoms with Gasteiger partial charge in [-0.15, -0.1) is 4.86 Å². The number of H-pyrrole nitrogens is 1. The maximum Gasteiger partial charge on any atom is 0.480 e. The van der Waals surface area contributed by atoms with E-state index in [9.17, 15) is 38.5 Å². The average molecular weight is 524 g/mol. The van der Waals surface area contributed by atoms with Crippen LogP contribution in [0.5, 0.6) is 0 Å². The summed E-state index contributed by atoms with van der Waals surface area (Å²) in [6, 6.07) is 0. The van der Waals surface area contributed by atoms with Gasteiger partial charge in [-0.3, -0.25) is 14.3 Å². The summed E-state index contributed by atoms with van der Waals surface area (Å²) < 4.78 is 47.7. The molecule has 1 saturated heterocycles. The Balaban J connectivity index is 1.67. The Hall–Kier alpha value is -1.43. The molecule has 2 aliphatic heterocycles. The second-order valence-corrected chi connectivity index (χ2v) is 11.3. The Morgan fingerprint density at radius 1 is 1.22 bits per heavy atom. The smallest absolute Gasteiger partial charge is 0.387 e. The molecule has 6 atom stereocenters. The number of nitrogens with zero attached hydrogens (tertiary/aromatic N) is 2. The molecule has 0 spiro atoms. The van der Waals surface area contributed by atoms with Gasteiger partial charge in [0.1, 0.15) is 24.0 Å². The molecule has 0 bridgehead atoms. The molecule has 1 aromatic rings. The van der Waals surface area contributed by atoms with Crippen molar-refractivity contribution in [2.75, 3.05) is 29.2 Å². The van der Waals surface area contributed by atoms with Gasteiger partial charge in [0.2, 0.25) is 5.95 Å². The first-order chi connectivity index (χ1) is 14.6. The van der Waals surface area contributed by atoms with E-state index in [0.717, 1.165) is 4.86 Å². The van der Waals surface area contributed by atoms with Gasteiger partial charge in [-0.1, -0.05) is 0 Å².